The van der Waals surface area contributed by atoms with Crippen LogP contribution in [0.2, 0.25) is 0 Å². The van der Waals surface area contributed by atoms with Crippen molar-refractivity contribution in [2.45, 2.75) is 32.0 Å². The molecule has 3 aliphatic rings. The van der Waals surface area contributed by atoms with Gasteiger partial charge in [0.15, 0.2) is 0 Å². The monoisotopic (exact) mass is 308 g/mol. The Morgan fingerprint density at radius 2 is 1.86 bits per heavy atom. The molecule has 1 aromatic carbocycles. The van der Waals surface area contributed by atoms with E-state index in [1.165, 1.54) is 6.07 Å². The number of hydrogen-bond donors (Lipinski definition) is 0. The van der Waals surface area contributed by atoms with Crippen LogP contribution in [0.4, 0.5) is 13.2 Å². The fourth-order valence-electron chi connectivity index (χ4n) is 3.78. The summed E-state index contributed by atoms with van der Waals surface area (Å²) in [6, 6.07) is 5.82. The van der Waals surface area contributed by atoms with Gasteiger partial charge in [-0.1, -0.05) is 43.4 Å². The summed E-state index contributed by atoms with van der Waals surface area (Å²) in [4.78, 5) is 0. The first kappa shape index (κ1) is 15.3. The number of benzene rings is 1. The summed E-state index contributed by atoms with van der Waals surface area (Å²) in [6.07, 6.45) is 2.35. The fourth-order valence-corrected chi connectivity index (χ4v) is 3.78. The number of halogens is 3. The first-order valence-electron chi connectivity index (χ1n) is 7.33. The fraction of sp³-hybridized carbons (Fsp3) is 0.444. The summed E-state index contributed by atoms with van der Waals surface area (Å²) in [5, 5.41) is 0. The molecule has 0 heterocycles. The van der Waals surface area contributed by atoms with Crippen LogP contribution in [0.5, 0.6) is 0 Å². The molecule has 3 atom stereocenters. The predicted molar refractivity (Wildman–Crippen MR) is 80.2 cm³/mol. The summed E-state index contributed by atoms with van der Waals surface area (Å²) >= 11 is 0. The maximum absolute atomic E-state index is 13.3. The lowest BCUT2D eigenvalue weighted by Crippen LogP contribution is -2.47. The Hall–Kier alpha value is -1.55. The molecule has 0 fully saturated rings. The lowest BCUT2D eigenvalue weighted by atomic mass is 9.58. The van der Waals surface area contributed by atoms with E-state index in [0.29, 0.717) is 6.42 Å². The van der Waals surface area contributed by atoms with E-state index in [9.17, 15) is 13.2 Å². The van der Waals surface area contributed by atoms with Crippen molar-refractivity contribution in [1.82, 2.24) is 0 Å². The normalized spacial score (nSPS) is 33.9. The molecule has 0 saturated carbocycles. The van der Waals surface area contributed by atoms with Crippen LogP contribution in [0.25, 0.3) is 5.57 Å². The first-order valence-corrected chi connectivity index (χ1v) is 7.33. The molecule has 0 N–H and O–H groups in total. The molecule has 4 heteroatoms. The maximum Gasteiger partial charge on any atom is 0.416 e. The highest BCUT2D eigenvalue weighted by atomic mass is 19.4. The van der Waals surface area contributed by atoms with Gasteiger partial charge in [0.05, 0.1) is 11.2 Å². The first-order chi connectivity index (χ1) is 10.2. The minimum Gasteiger partial charge on any atom is -0.378 e. The van der Waals surface area contributed by atoms with Crippen molar-refractivity contribution in [3.63, 3.8) is 0 Å². The highest BCUT2D eigenvalue weighted by Crippen LogP contribution is 2.56. The molecule has 2 bridgehead atoms. The average Bonchev–Trinajstić information content (AvgIpc) is 2.46. The lowest BCUT2D eigenvalue weighted by Gasteiger charge is -2.50. The van der Waals surface area contributed by atoms with Gasteiger partial charge in [-0.05, 0) is 30.5 Å². The summed E-state index contributed by atoms with van der Waals surface area (Å²) in [6.45, 7) is 4.00. The Kier molecular flexibility index (Phi) is 3.29. The maximum atomic E-state index is 13.3. The third-order valence-electron chi connectivity index (χ3n) is 5.05. The molecule has 3 aliphatic carbocycles. The molecule has 4 rings (SSSR count). The number of ether oxygens (including phenoxy) is 1. The van der Waals surface area contributed by atoms with Crippen molar-refractivity contribution in [3.05, 3.63) is 53.6 Å². The Balaban J connectivity index is 2.14. The molecular formula is C18H19F3O. The van der Waals surface area contributed by atoms with Gasteiger partial charge < -0.3 is 4.74 Å². The SMILES string of the molecule is CO[C@]1(C)C[C@@]2(C)C=C[C@@H]1C=C2c1ccccc1C(F)(F)F. The van der Waals surface area contributed by atoms with E-state index in [0.717, 1.165) is 11.6 Å². The van der Waals surface area contributed by atoms with Crippen LogP contribution in [0.1, 0.15) is 31.4 Å². The molecule has 1 nitrogen and oxygen atoms in total. The molecule has 22 heavy (non-hydrogen) atoms. The third kappa shape index (κ3) is 2.21. The summed E-state index contributed by atoms with van der Waals surface area (Å²) in [5.41, 5.74) is -0.337. The van der Waals surface area contributed by atoms with Crippen molar-refractivity contribution >= 4 is 5.57 Å². The number of rotatable bonds is 2. The van der Waals surface area contributed by atoms with Gasteiger partial charge in [-0.25, -0.2) is 0 Å². The van der Waals surface area contributed by atoms with Crippen LogP contribution < -0.4 is 0 Å². The molecular weight excluding hydrogens is 289 g/mol. The molecule has 0 unspecified atom stereocenters. The molecule has 0 saturated heterocycles. The van der Waals surface area contributed by atoms with Crippen LogP contribution in [0, 0.1) is 11.3 Å². The third-order valence-corrected chi connectivity index (χ3v) is 5.05. The van der Waals surface area contributed by atoms with Gasteiger partial charge in [0, 0.05) is 18.4 Å². The second kappa shape index (κ2) is 4.72. The van der Waals surface area contributed by atoms with Gasteiger partial charge in [-0.3, -0.25) is 0 Å². The highest BCUT2D eigenvalue weighted by Gasteiger charge is 2.49. The molecule has 0 spiro atoms. The van der Waals surface area contributed by atoms with Crippen molar-refractivity contribution in [2.24, 2.45) is 11.3 Å². The molecule has 1 aromatic rings. The van der Waals surface area contributed by atoms with E-state index < -0.39 is 17.2 Å². The average molecular weight is 308 g/mol. The second-order valence-corrected chi connectivity index (χ2v) is 6.62. The Morgan fingerprint density at radius 1 is 1.18 bits per heavy atom. The molecule has 0 amide bonds. The molecule has 0 aromatic heterocycles. The van der Waals surface area contributed by atoms with Gasteiger partial charge in [0.25, 0.3) is 0 Å². The van der Waals surface area contributed by atoms with E-state index in [2.05, 4.69) is 0 Å². The van der Waals surface area contributed by atoms with E-state index in [4.69, 9.17) is 4.74 Å². The number of allylic oxidation sites excluding steroid dienone is 2. The van der Waals surface area contributed by atoms with Crippen molar-refractivity contribution in [1.29, 1.82) is 0 Å². The predicted octanol–water partition coefficient (Wildman–Crippen LogP) is 5.09. The van der Waals surface area contributed by atoms with Gasteiger partial charge in [-0.2, -0.15) is 13.2 Å². The molecule has 0 radical (unpaired) electrons. The summed E-state index contributed by atoms with van der Waals surface area (Å²) in [7, 11) is 1.66. The number of fused-ring (bicyclic) bond motifs is 1. The number of methoxy groups -OCH3 is 1. The topological polar surface area (TPSA) is 9.23 Å². The zero-order valence-corrected chi connectivity index (χ0v) is 12.9. The van der Waals surface area contributed by atoms with Gasteiger partial charge >= 0.3 is 6.18 Å². The van der Waals surface area contributed by atoms with Crippen LogP contribution >= 0.6 is 0 Å². The summed E-state index contributed by atoms with van der Waals surface area (Å²) in [5.74, 6) is -0.00406. The Bertz CT molecular complexity index is 659. The smallest absolute Gasteiger partial charge is 0.378 e. The summed E-state index contributed by atoms with van der Waals surface area (Å²) < 4.78 is 45.6. The van der Waals surface area contributed by atoms with E-state index in [1.807, 2.05) is 32.1 Å². The minimum absolute atomic E-state index is 0.00406. The van der Waals surface area contributed by atoms with Crippen LogP contribution in [-0.4, -0.2) is 12.7 Å². The van der Waals surface area contributed by atoms with Crippen LogP contribution in [0.15, 0.2) is 42.5 Å². The van der Waals surface area contributed by atoms with Crippen molar-refractivity contribution < 1.29 is 17.9 Å². The van der Waals surface area contributed by atoms with Crippen molar-refractivity contribution in [3.8, 4) is 0 Å². The van der Waals surface area contributed by atoms with Gasteiger partial charge in [0.2, 0.25) is 0 Å². The molecule has 118 valence electrons. The minimum atomic E-state index is -4.35. The van der Waals surface area contributed by atoms with Crippen LogP contribution in [-0.2, 0) is 10.9 Å². The Morgan fingerprint density at radius 3 is 2.45 bits per heavy atom. The number of alkyl halides is 3. The van der Waals surface area contributed by atoms with E-state index in [-0.39, 0.29) is 17.1 Å². The molecule has 0 aliphatic heterocycles. The quantitative estimate of drug-likeness (QED) is 0.691. The zero-order chi connectivity index (χ0) is 16.2. The van der Waals surface area contributed by atoms with E-state index >= 15 is 0 Å². The Labute approximate surface area is 128 Å². The lowest BCUT2D eigenvalue weighted by molar-refractivity contribution is -0.137. The largest absolute Gasteiger partial charge is 0.416 e. The van der Waals surface area contributed by atoms with Gasteiger partial charge in [-0.15, -0.1) is 0 Å². The van der Waals surface area contributed by atoms with Crippen LogP contribution in [0.3, 0.4) is 0 Å². The zero-order valence-electron chi connectivity index (χ0n) is 12.9. The van der Waals surface area contributed by atoms with Gasteiger partial charge in [0.1, 0.15) is 0 Å². The van der Waals surface area contributed by atoms with E-state index in [1.54, 1.807) is 19.2 Å². The number of hydrogen-bond acceptors (Lipinski definition) is 1. The second-order valence-electron chi connectivity index (χ2n) is 6.62. The standard InChI is InChI=1S/C18H19F3O/c1-16-9-8-12(17(2,11-16)22-3)10-15(16)13-6-4-5-7-14(13)18(19,20)21/h4-10,12H,11H2,1-3H3/t12-,16-,17-/m1/s1. The van der Waals surface area contributed by atoms with Crippen molar-refractivity contribution in [2.75, 3.05) is 7.11 Å². The highest BCUT2D eigenvalue weighted by molar-refractivity contribution is 5.77.